The lowest BCUT2D eigenvalue weighted by atomic mass is 9.91. The number of aliphatic carboxylic acids is 1. The third-order valence-corrected chi connectivity index (χ3v) is 3.15. The van der Waals surface area contributed by atoms with Crippen molar-refractivity contribution in [2.75, 3.05) is 13.6 Å². The molecule has 0 fully saturated rings. The zero-order valence-electron chi connectivity index (χ0n) is 9.84. The lowest BCUT2D eigenvalue weighted by Gasteiger charge is -2.36. The van der Waals surface area contributed by atoms with Crippen LogP contribution in [0.15, 0.2) is 0 Å². The highest BCUT2D eigenvalue weighted by molar-refractivity contribution is 5.78. The SMILES string of the molecule is CCCCN(C)C(CC)(CC)C(=O)O. The summed E-state index contributed by atoms with van der Waals surface area (Å²) in [5.41, 5.74) is -0.658. The average molecular weight is 201 g/mol. The van der Waals surface area contributed by atoms with Crippen LogP contribution in [0.4, 0.5) is 0 Å². The van der Waals surface area contributed by atoms with E-state index >= 15 is 0 Å². The van der Waals surface area contributed by atoms with Crippen molar-refractivity contribution in [2.45, 2.75) is 52.0 Å². The molecule has 0 saturated carbocycles. The topological polar surface area (TPSA) is 40.5 Å². The molecule has 0 spiro atoms. The molecule has 3 nitrogen and oxygen atoms in total. The average Bonchev–Trinajstić information content (AvgIpc) is 2.17. The number of hydrogen-bond acceptors (Lipinski definition) is 2. The number of carboxylic acid groups (broad SMARTS) is 1. The number of nitrogens with zero attached hydrogens (tertiary/aromatic N) is 1. The Bertz CT molecular complexity index is 176. The Labute approximate surface area is 87.1 Å². The van der Waals surface area contributed by atoms with Gasteiger partial charge in [-0.3, -0.25) is 9.69 Å². The van der Waals surface area contributed by atoms with Crippen molar-refractivity contribution in [1.29, 1.82) is 0 Å². The molecule has 0 aliphatic carbocycles. The molecule has 0 aromatic carbocycles. The predicted molar refractivity (Wildman–Crippen MR) is 58.5 cm³/mol. The first-order valence-corrected chi connectivity index (χ1v) is 5.49. The summed E-state index contributed by atoms with van der Waals surface area (Å²) >= 11 is 0. The predicted octanol–water partition coefficient (Wildman–Crippen LogP) is 2.36. The summed E-state index contributed by atoms with van der Waals surface area (Å²) in [4.78, 5) is 13.2. The number of likely N-dealkylation sites (N-methyl/N-ethyl adjacent to an activating group) is 1. The molecular formula is C11H23NO2. The van der Waals surface area contributed by atoms with Gasteiger partial charge in [0, 0.05) is 0 Å². The highest BCUT2D eigenvalue weighted by atomic mass is 16.4. The van der Waals surface area contributed by atoms with E-state index in [0.29, 0.717) is 12.8 Å². The number of rotatable bonds is 7. The van der Waals surface area contributed by atoms with E-state index in [2.05, 4.69) is 6.92 Å². The number of unbranched alkanes of at least 4 members (excludes halogenated alkanes) is 1. The maximum absolute atomic E-state index is 11.2. The molecule has 14 heavy (non-hydrogen) atoms. The van der Waals surface area contributed by atoms with Crippen LogP contribution in [0.2, 0.25) is 0 Å². The van der Waals surface area contributed by atoms with E-state index in [1.54, 1.807) is 0 Å². The van der Waals surface area contributed by atoms with Gasteiger partial charge in [0.2, 0.25) is 0 Å². The van der Waals surface area contributed by atoms with Crippen molar-refractivity contribution in [3.63, 3.8) is 0 Å². The molecule has 0 atom stereocenters. The molecule has 0 aromatic rings. The van der Waals surface area contributed by atoms with Crippen LogP contribution in [0.5, 0.6) is 0 Å². The first-order chi connectivity index (χ1) is 6.55. The van der Waals surface area contributed by atoms with Gasteiger partial charge in [-0.05, 0) is 32.9 Å². The van der Waals surface area contributed by atoms with Crippen LogP contribution in [-0.2, 0) is 4.79 Å². The Morgan fingerprint density at radius 2 is 1.79 bits per heavy atom. The van der Waals surface area contributed by atoms with Crippen LogP contribution < -0.4 is 0 Å². The molecule has 0 aromatic heterocycles. The van der Waals surface area contributed by atoms with Gasteiger partial charge in [-0.15, -0.1) is 0 Å². The number of hydrogen-bond donors (Lipinski definition) is 1. The van der Waals surface area contributed by atoms with Crippen molar-refractivity contribution in [3.8, 4) is 0 Å². The minimum absolute atomic E-state index is 0.658. The van der Waals surface area contributed by atoms with Crippen LogP contribution in [0.1, 0.15) is 46.5 Å². The molecule has 0 heterocycles. The third kappa shape index (κ3) is 2.71. The monoisotopic (exact) mass is 201 g/mol. The quantitative estimate of drug-likeness (QED) is 0.687. The van der Waals surface area contributed by atoms with E-state index in [1.165, 1.54) is 0 Å². The standard InChI is InChI=1S/C11H23NO2/c1-5-8-9-12(4)11(6-2,7-3)10(13)14/h5-9H2,1-4H3,(H,13,14). The van der Waals surface area contributed by atoms with Crippen molar-refractivity contribution >= 4 is 5.97 Å². The van der Waals surface area contributed by atoms with Gasteiger partial charge in [-0.2, -0.15) is 0 Å². The van der Waals surface area contributed by atoms with Gasteiger partial charge in [0.25, 0.3) is 0 Å². The second-order valence-corrected chi connectivity index (χ2v) is 3.82. The first kappa shape index (κ1) is 13.4. The van der Waals surface area contributed by atoms with E-state index < -0.39 is 11.5 Å². The molecule has 0 aliphatic rings. The second-order valence-electron chi connectivity index (χ2n) is 3.82. The molecule has 0 radical (unpaired) electrons. The second kappa shape index (κ2) is 6.02. The fourth-order valence-electron chi connectivity index (χ4n) is 1.86. The molecule has 0 amide bonds. The molecule has 3 heteroatoms. The zero-order chi connectivity index (χ0) is 11.2. The Hall–Kier alpha value is -0.570. The lowest BCUT2D eigenvalue weighted by molar-refractivity contribution is -0.151. The van der Waals surface area contributed by atoms with E-state index in [9.17, 15) is 9.90 Å². The van der Waals surface area contributed by atoms with Gasteiger partial charge in [-0.25, -0.2) is 0 Å². The summed E-state index contributed by atoms with van der Waals surface area (Å²) < 4.78 is 0. The van der Waals surface area contributed by atoms with E-state index in [1.807, 2.05) is 25.8 Å². The van der Waals surface area contributed by atoms with E-state index in [0.717, 1.165) is 19.4 Å². The summed E-state index contributed by atoms with van der Waals surface area (Å²) in [6.07, 6.45) is 3.50. The summed E-state index contributed by atoms with van der Waals surface area (Å²) in [6.45, 7) is 6.87. The smallest absolute Gasteiger partial charge is 0.324 e. The summed E-state index contributed by atoms with van der Waals surface area (Å²) in [7, 11) is 1.91. The molecule has 0 bridgehead atoms. The highest BCUT2D eigenvalue weighted by Gasteiger charge is 2.38. The molecule has 0 unspecified atom stereocenters. The van der Waals surface area contributed by atoms with E-state index in [-0.39, 0.29) is 0 Å². The van der Waals surface area contributed by atoms with Gasteiger partial charge < -0.3 is 5.11 Å². The Morgan fingerprint density at radius 1 is 1.29 bits per heavy atom. The maximum Gasteiger partial charge on any atom is 0.324 e. The molecular weight excluding hydrogens is 178 g/mol. The summed E-state index contributed by atoms with van der Waals surface area (Å²) in [5.74, 6) is -0.693. The van der Waals surface area contributed by atoms with Crippen LogP contribution >= 0.6 is 0 Å². The van der Waals surface area contributed by atoms with Crippen molar-refractivity contribution in [1.82, 2.24) is 4.90 Å². The first-order valence-electron chi connectivity index (χ1n) is 5.49. The van der Waals surface area contributed by atoms with E-state index in [4.69, 9.17) is 0 Å². The molecule has 1 N–H and O–H groups in total. The maximum atomic E-state index is 11.2. The van der Waals surface area contributed by atoms with Crippen molar-refractivity contribution in [2.24, 2.45) is 0 Å². The number of carboxylic acids is 1. The van der Waals surface area contributed by atoms with Crippen LogP contribution in [0, 0.1) is 0 Å². The lowest BCUT2D eigenvalue weighted by Crippen LogP contribution is -2.52. The minimum atomic E-state index is -0.693. The number of carbonyl (C=O) groups is 1. The molecule has 0 aliphatic heterocycles. The van der Waals surface area contributed by atoms with Crippen LogP contribution in [-0.4, -0.2) is 35.1 Å². The fourth-order valence-corrected chi connectivity index (χ4v) is 1.86. The van der Waals surface area contributed by atoms with Crippen molar-refractivity contribution in [3.05, 3.63) is 0 Å². The summed E-state index contributed by atoms with van der Waals surface area (Å²) in [5, 5.41) is 9.25. The van der Waals surface area contributed by atoms with Crippen LogP contribution in [0.3, 0.4) is 0 Å². The molecule has 0 saturated heterocycles. The Balaban J connectivity index is 4.53. The van der Waals surface area contributed by atoms with Gasteiger partial charge in [0.15, 0.2) is 0 Å². The Morgan fingerprint density at radius 3 is 2.07 bits per heavy atom. The minimum Gasteiger partial charge on any atom is -0.480 e. The normalized spacial score (nSPS) is 12.1. The largest absolute Gasteiger partial charge is 0.480 e. The molecule has 0 rings (SSSR count). The highest BCUT2D eigenvalue weighted by Crippen LogP contribution is 2.23. The third-order valence-electron chi connectivity index (χ3n) is 3.15. The van der Waals surface area contributed by atoms with Gasteiger partial charge in [0.1, 0.15) is 5.54 Å². The fraction of sp³-hybridized carbons (Fsp3) is 0.909. The van der Waals surface area contributed by atoms with Gasteiger partial charge in [-0.1, -0.05) is 27.2 Å². The Kier molecular flexibility index (Phi) is 5.77. The summed E-state index contributed by atoms with van der Waals surface area (Å²) in [6, 6.07) is 0. The van der Waals surface area contributed by atoms with Crippen LogP contribution in [0.25, 0.3) is 0 Å². The molecule has 84 valence electrons. The van der Waals surface area contributed by atoms with Gasteiger partial charge >= 0.3 is 5.97 Å². The van der Waals surface area contributed by atoms with Crippen molar-refractivity contribution < 1.29 is 9.90 Å². The van der Waals surface area contributed by atoms with Gasteiger partial charge in [0.05, 0.1) is 0 Å². The zero-order valence-corrected chi connectivity index (χ0v) is 9.84.